The first-order valence-electron chi connectivity index (χ1n) is 10.8. The number of hydrogen-bond acceptors (Lipinski definition) is 6. The van der Waals surface area contributed by atoms with Gasteiger partial charge < -0.3 is 20.0 Å². The fourth-order valence-electron chi connectivity index (χ4n) is 7.47. The molecular weight excluding hydrogens is 423 g/mol. The average molecular weight is 454 g/mol. The maximum absolute atomic E-state index is 12.9. The first-order valence-corrected chi connectivity index (χ1v) is 12.3. The SMILES string of the molecule is C[C@H]1CC2[C@H]([C@@H](O)C[C@@]3(C)[C@H]2CC[C@]3(O)C(=O)COP(=O)(O)O)[C@@]2(C)C=CC(=O)C=C12. The van der Waals surface area contributed by atoms with E-state index in [1.807, 2.05) is 6.08 Å². The molecule has 0 bridgehead atoms. The molecule has 4 aliphatic carbocycles. The lowest BCUT2D eigenvalue weighted by molar-refractivity contribution is -0.180. The fraction of sp³-hybridized carbons (Fsp3) is 0.727. The van der Waals surface area contributed by atoms with Gasteiger partial charge in [-0.3, -0.25) is 14.1 Å². The van der Waals surface area contributed by atoms with Crippen molar-refractivity contribution in [1.29, 1.82) is 0 Å². The van der Waals surface area contributed by atoms with Crippen LogP contribution in [-0.4, -0.2) is 49.9 Å². The molecule has 9 heteroatoms. The Morgan fingerprint density at radius 1 is 1.32 bits per heavy atom. The van der Waals surface area contributed by atoms with Gasteiger partial charge in [0.25, 0.3) is 0 Å². The number of aliphatic hydroxyl groups excluding tert-OH is 1. The van der Waals surface area contributed by atoms with Crippen molar-refractivity contribution in [3.8, 4) is 0 Å². The molecule has 172 valence electrons. The summed E-state index contributed by atoms with van der Waals surface area (Å²) in [6.45, 7) is 5.06. The molecule has 0 amide bonds. The molecule has 3 saturated carbocycles. The topological polar surface area (TPSA) is 141 Å². The van der Waals surface area contributed by atoms with E-state index in [0.717, 1.165) is 12.0 Å². The summed E-state index contributed by atoms with van der Waals surface area (Å²) in [4.78, 5) is 42.8. The number of ketones is 2. The standard InChI is InChI=1S/C22H31O8P/c1-12-8-14-15-5-7-22(26,18(25)11-30-31(27,28)29)21(15,3)10-17(24)19(14)20(2)6-4-13(23)9-16(12)20/h4,6,9,12,14-15,17,19,24,26H,5,7-8,10-11H2,1-3H3,(H2,27,28,29)/t12-,14?,15-,17-,19+,20-,21-,22-/m0/s1. The first-order chi connectivity index (χ1) is 14.2. The van der Waals surface area contributed by atoms with Crippen molar-refractivity contribution in [3.63, 3.8) is 0 Å². The normalized spacial score (nSPS) is 46.7. The Morgan fingerprint density at radius 2 is 2.00 bits per heavy atom. The second kappa shape index (κ2) is 7.17. The molecule has 31 heavy (non-hydrogen) atoms. The largest absolute Gasteiger partial charge is 0.470 e. The minimum atomic E-state index is -4.85. The molecule has 1 unspecified atom stereocenters. The number of phosphoric acid groups is 1. The summed E-state index contributed by atoms with van der Waals surface area (Å²) >= 11 is 0. The van der Waals surface area contributed by atoms with Crippen LogP contribution in [0.5, 0.6) is 0 Å². The van der Waals surface area contributed by atoms with E-state index in [-0.39, 0.29) is 42.3 Å². The zero-order chi connectivity index (χ0) is 23.0. The highest BCUT2D eigenvalue weighted by Crippen LogP contribution is 2.67. The first kappa shape index (κ1) is 23.0. The van der Waals surface area contributed by atoms with E-state index in [1.165, 1.54) is 0 Å². The van der Waals surface area contributed by atoms with Crippen LogP contribution in [0.25, 0.3) is 0 Å². The summed E-state index contributed by atoms with van der Waals surface area (Å²) < 4.78 is 15.4. The second-order valence-corrected chi connectivity index (χ2v) is 11.6. The molecule has 8 atom stereocenters. The number of fused-ring (bicyclic) bond motifs is 5. The van der Waals surface area contributed by atoms with Crippen molar-refractivity contribution in [1.82, 2.24) is 0 Å². The molecule has 0 aromatic carbocycles. The summed E-state index contributed by atoms with van der Waals surface area (Å²) in [5.74, 6) is -0.826. The third-order valence-electron chi connectivity index (χ3n) is 8.79. The van der Waals surface area contributed by atoms with Gasteiger partial charge in [0.1, 0.15) is 12.2 Å². The van der Waals surface area contributed by atoms with Gasteiger partial charge in [-0.1, -0.05) is 32.4 Å². The Balaban J connectivity index is 1.68. The number of carbonyl (C=O) groups excluding carboxylic acids is 2. The maximum atomic E-state index is 12.9. The van der Waals surface area contributed by atoms with Crippen LogP contribution in [0.1, 0.15) is 46.5 Å². The fourth-order valence-corrected chi connectivity index (χ4v) is 7.76. The number of carbonyl (C=O) groups is 2. The molecule has 0 radical (unpaired) electrons. The van der Waals surface area contributed by atoms with Gasteiger partial charge in [0.05, 0.1) is 6.10 Å². The van der Waals surface area contributed by atoms with Gasteiger partial charge in [-0.2, -0.15) is 0 Å². The van der Waals surface area contributed by atoms with Crippen LogP contribution >= 0.6 is 7.82 Å². The Bertz CT molecular complexity index is 920. The predicted octanol–water partition coefficient (Wildman–Crippen LogP) is 1.92. The molecular formula is C22H31O8P. The molecule has 4 aliphatic rings. The lowest BCUT2D eigenvalue weighted by Crippen LogP contribution is -2.62. The number of hydrogen-bond donors (Lipinski definition) is 4. The molecule has 0 spiro atoms. The minimum absolute atomic E-state index is 0.0354. The zero-order valence-corrected chi connectivity index (χ0v) is 18.9. The van der Waals surface area contributed by atoms with Crippen LogP contribution < -0.4 is 0 Å². The van der Waals surface area contributed by atoms with Crippen LogP contribution in [-0.2, 0) is 18.7 Å². The molecule has 4 rings (SSSR count). The van der Waals surface area contributed by atoms with Crippen LogP contribution in [0.15, 0.2) is 23.8 Å². The number of allylic oxidation sites excluding steroid dienone is 4. The quantitative estimate of drug-likeness (QED) is 0.472. The molecule has 4 N–H and O–H groups in total. The van der Waals surface area contributed by atoms with Gasteiger partial charge in [0.2, 0.25) is 0 Å². The Labute approximate surface area is 181 Å². The van der Waals surface area contributed by atoms with Gasteiger partial charge in [0, 0.05) is 16.7 Å². The highest BCUT2D eigenvalue weighted by atomic mass is 31.2. The Morgan fingerprint density at radius 3 is 2.65 bits per heavy atom. The van der Waals surface area contributed by atoms with Gasteiger partial charge in [0.15, 0.2) is 11.6 Å². The van der Waals surface area contributed by atoms with E-state index in [4.69, 9.17) is 9.79 Å². The molecule has 0 saturated heterocycles. The van der Waals surface area contributed by atoms with Crippen molar-refractivity contribution in [3.05, 3.63) is 23.8 Å². The van der Waals surface area contributed by atoms with Gasteiger partial charge >= 0.3 is 7.82 Å². The Kier molecular flexibility index (Phi) is 5.33. The molecule has 0 heterocycles. The number of Topliss-reactive ketones (excluding diaryl/α,β-unsaturated/α-hetero) is 1. The van der Waals surface area contributed by atoms with Crippen LogP contribution in [0.3, 0.4) is 0 Å². The third kappa shape index (κ3) is 3.35. The van der Waals surface area contributed by atoms with Crippen LogP contribution in [0, 0.1) is 34.5 Å². The molecule has 0 aromatic rings. The average Bonchev–Trinajstić information content (AvgIpc) is 2.92. The van der Waals surface area contributed by atoms with Gasteiger partial charge in [-0.25, -0.2) is 4.57 Å². The van der Waals surface area contributed by atoms with Gasteiger partial charge in [-0.15, -0.1) is 0 Å². The molecule has 3 fully saturated rings. The summed E-state index contributed by atoms with van der Waals surface area (Å²) in [6, 6.07) is 0. The van der Waals surface area contributed by atoms with Gasteiger partial charge in [-0.05, 0) is 55.6 Å². The maximum Gasteiger partial charge on any atom is 0.470 e. The van der Waals surface area contributed by atoms with E-state index in [0.29, 0.717) is 6.42 Å². The minimum Gasteiger partial charge on any atom is -0.393 e. The summed E-state index contributed by atoms with van der Waals surface area (Å²) in [5, 5.41) is 22.8. The van der Waals surface area contributed by atoms with Crippen molar-refractivity contribution >= 4 is 19.4 Å². The van der Waals surface area contributed by atoms with Crippen molar-refractivity contribution in [2.75, 3.05) is 6.61 Å². The van der Waals surface area contributed by atoms with Crippen LogP contribution in [0.2, 0.25) is 0 Å². The highest BCUT2D eigenvalue weighted by Gasteiger charge is 2.68. The molecule has 0 aliphatic heterocycles. The third-order valence-corrected chi connectivity index (χ3v) is 9.26. The number of phosphoric ester groups is 1. The van der Waals surface area contributed by atoms with E-state index in [1.54, 1.807) is 19.1 Å². The lowest BCUT2D eigenvalue weighted by Gasteiger charge is -2.60. The van der Waals surface area contributed by atoms with Crippen molar-refractivity contribution in [2.24, 2.45) is 34.5 Å². The van der Waals surface area contributed by atoms with Crippen molar-refractivity contribution < 1.29 is 38.7 Å². The summed E-state index contributed by atoms with van der Waals surface area (Å²) in [5.41, 5.74) is -2.19. The zero-order valence-electron chi connectivity index (χ0n) is 18.0. The number of rotatable bonds is 4. The second-order valence-electron chi connectivity index (χ2n) is 10.3. The Hall–Kier alpha value is -1.15. The molecule has 8 nitrogen and oxygen atoms in total. The van der Waals surface area contributed by atoms with E-state index >= 15 is 0 Å². The van der Waals surface area contributed by atoms with E-state index < -0.39 is 42.7 Å². The molecule has 0 aromatic heterocycles. The highest BCUT2D eigenvalue weighted by molar-refractivity contribution is 7.46. The predicted molar refractivity (Wildman–Crippen MR) is 111 cm³/mol. The van der Waals surface area contributed by atoms with Crippen LogP contribution in [0.4, 0.5) is 0 Å². The van der Waals surface area contributed by atoms with E-state index in [9.17, 15) is 24.4 Å². The number of aliphatic hydroxyl groups is 2. The smallest absolute Gasteiger partial charge is 0.393 e. The lowest BCUT2D eigenvalue weighted by atomic mass is 9.45. The monoisotopic (exact) mass is 454 g/mol. The summed E-state index contributed by atoms with van der Waals surface area (Å²) in [7, 11) is -4.85. The van der Waals surface area contributed by atoms with Crippen molar-refractivity contribution in [2.45, 2.75) is 58.2 Å². The summed E-state index contributed by atoms with van der Waals surface area (Å²) in [6.07, 6.45) is 6.03. The van der Waals surface area contributed by atoms with E-state index in [2.05, 4.69) is 18.4 Å².